The summed E-state index contributed by atoms with van der Waals surface area (Å²) in [4.78, 5) is 11.9. The molecule has 0 fully saturated rings. The van der Waals surface area contributed by atoms with E-state index in [0.29, 0.717) is 17.1 Å². The predicted molar refractivity (Wildman–Crippen MR) is 86.9 cm³/mol. The summed E-state index contributed by atoms with van der Waals surface area (Å²) >= 11 is 8.01. The van der Waals surface area contributed by atoms with Gasteiger partial charge in [-0.1, -0.05) is 18.5 Å². The van der Waals surface area contributed by atoms with Crippen LogP contribution in [0.2, 0.25) is 5.02 Å². The Morgan fingerprint density at radius 2 is 2.17 bits per heavy atom. The van der Waals surface area contributed by atoms with E-state index in [0.717, 1.165) is 10.1 Å². The van der Waals surface area contributed by atoms with Crippen LogP contribution in [0.3, 0.4) is 0 Å². The Kier molecular flexibility index (Phi) is 8.94. The van der Waals surface area contributed by atoms with Crippen molar-refractivity contribution in [3.63, 3.8) is 0 Å². The molecule has 0 saturated carbocycles. The number of amides is 1. The Hall–Kier alpha value is -0.0400. The van der Waals surface area contributed by atoms with E-state index >= 15 is 0 Å². The Labute approximate surface area is 133 Å². The molecule has 2 N–H and O–H groups in total. The molecule has 1 atom stereocenters. The molecule has 1 amide bonds. The summed E-state index contributed by atoms with van der Waals surface area (Å²) < 4.78 is 0.903. The van der Waals surface area contributed by atoms with Gasteiger partial charge in [0.2, 0.25) is 0 Å². The second-order valence-electron chi connectivity index (χ2n) is 3.79. The molecule has 0 aliphatic rings. The fraction of sp³-hybridized carbons (Fsp3) is 0.417. The number of nitrogens with one attached hydrogen (secondary N) is 2. The number of carbonyl (C=O) groups excluding carboxylic acids is 1. The Bertz CT molecular complexity index is 402. The van der Waals surface area contributed by atoms with E-state index in [-0.39, 0.29) is 24.4 Å². The quantitative estimate of drug-likeness (QED) is 0.743. The normalized spacial score (nSPS) is 11.6. The van der Waals surface area contributed by atoms with Gasteiger partial charge in [0, 0.05) is 21.2 Å². The van der Waals surface area contributed by atoms with Crippen LogP contribution in [0, 0.1) is 3.57 Å². The van der Waals surface area contributed by atoms with Gasteiger partial charge in [0.05, 0.1) is 5.56 Å². The molecule has 0 heterocycles. The average molecular weight is 403 g/mol. The molecule has 0 bridgehead atoms. The molecule has 3 nitrogen and oxygen atoms in total. The summed E-state index contributed by atoms with van der Waals surface area (Å²) in [6.07, 6.45) is 0. The smallest absolute Gasteiger partial charge is 0.252 e. The van der Waals surface area contributed by atoms with Gasteiger partial charge >= 0.3 is 0 Å². The van der Waals surface area contributed by atoms with E-state index in [1.165, 1.54) is 0 Å². The number of likely N-dealkylation sites (N-methyl/N-ethyl adjacent to an activating group) is 1. The van der Waals surface area contributed by atoms with Gasteiger partial charge in [-0.05, 0) is 54.3 Å². The lowest BCUT2D eigenvalue weighted by Gasteiger charge is -2.13. The van der Waals surface area contributed by atoms with Crippen LogP contribution in [-0.2, 0) is 0 Å². The van der Waals surface area contributed by atoms with Gasteiger partial charge in [-0.3, -0.25) is 4.79 Å². The highest BCUT2D eigenvalue weighted by molar-refractivity contribution is 14.1. The molecule has 0 aromatic heterocycles. The van der Waals surface area contributed by atoms with Crippen LogP contribution in [0.4, 0.5) is 0 Å². The van der Waals surface area contributed by atoms with Gasteiger partial charge in [0.15, 0.2) is 0 Å². The first-order valence-electron chi connectivity index (χ1n) is 5.51. The third-order valence-corrected chi connectivity index (χ3v) is 3.47. The standard InChI is InChI=1S/C12H16ClIN2O.ClH/c1-3-15-8(2)7-16-12(17)10-6-9(13)4-5-11(10)14;/h4-6,8,15H,3,7H2,1-2H3,(H,16,17);1H/t8-;/m1./s1. The fourth-order valence-corrected chi connectivity index (χ4v) is 2.19. The minimum absolute atomic E-state index is 0. The number of rotatable bonds is 5. The van der Waals surface area contributed by atoms with Gasteiger partial charge in [-0.25, -0.2) is 0 Å². The molecule has 0 aliphatic carbocycles. The molecule has 6 heteroatoms. The van der Waals surface area contributed by atoms with Gasteiger partial charge in [0.1, 0.15) is 0 Å². The third-order valence-electron chi connectivity index (χ3n) is 2.29. The van der Waals surface area contributed by atoms with Crippen molar-refractivity contribution in [2.45, 2.75) is 19.9 Å². The summed E-state index contributed by atoms with van der Waals surface area (Å²) in [7, 11) is 0. The van der Waals surface area contributed by atoms with Crippen LogP contribution in [0.1, 0.15) is 24.2 Å². The zero-order valence-electron chi connectivity index (χ0n) is 10.3. The predicted octanol–water partition coefficient (Wildman–Crippen LogP) is 3.09. The minimum Gasteiger partial charge on any atom is -0.350 e. The first-order chi connectivity index (χ1) is 8.04. The lowest BCUT2D eigenvalue weighted by Crippen LogP contribution is -2.39. The summed E-state index contributed by atoms with van der Waals surface area (Å²) in [6, 6.07) is 5.57. The lowest BCUT2D eigenvalue weighted by molar-refractivity contribution is 0.0949. The minimum atomic E-state index is -0.0818. The summed E-state index contributed by atoms with van der Waals surface area (Å²) in [6.45, 7) is 5.58. The molecular weight excluding hydrogens is 386 g/mol. The maximum absolute atomic E-state index is 11.9. The van der Waals surface area contributed by atoms with Crippen molar-refractivity contribution in [1.29, 1.82) is 0 Å². The monoisotopic (exact) mass is 402 g/mol. The molecular formula is C12H17Cl2IN2O. The van der Waals surface area contributed by atoms with E-state index in [4.69, 9.17) is 11.6 Å². The molecule has 102 valence electrons. The Balaban J connectivity index is 0.00000289. The second kappa shape index (κ2) is 8.96. The zero-order chi connectivity index (χ0) is 12.8. The van der Waals surface area contributed by atoms with E-state index in [9.17, 15) is 4.79 Å². The Morgan fingerprint density at radius 1 is 1.50 bits per heavy atom. The largest absolute Gasteiger partial charge is 0.350 e. The van der Waals surface area contributed by atoms with Gasteiger partial charge in [-0.2, -0.15) is 0 Å². The van der Waals surface area contributed by atoms with Gasteiger partial charge in [-0.15, -0.1) is 12.4 Å². The van der Waals surface area contributed by atoms with Crippen molar-refractivity contribution in [3.05, 3.63) is 32.4 Å². The number of hydrogen-bond donors (Lipinski definition) is 2. The number of halogens is 3. The summed E-state index contributed by atoms with van der Waals surface area (Å²) in [5.41, 5.74) is 0.627. The topological polar surface area (TPSA) is 41.1 Å². The molecule has 1 aromatic carbocycles. The maximum atomic E-state index is 11.9. The molecule has 0 spiro atoms. The number of benzene rings is 1. The Morgan fingerprint density at radius 3 is 2.78 bits per heavy atom. The second-order valence-corrected chi connectivity index (χ2v) is 5.39. The van der Waals surface area contributed by atoms with E-state index in [1.54, 1.807) is 12.1 Å². The maximum Gasteiger partial charge on any atom is 0.252 e. The van der Waals surface area contributed by atoms with Crippen LogP contribution in [0.15, 0.2) is 18.2 Å². The molecule has 1 rings (SSSR count). The molecule has 0 unspecified atom stereocenters. The van der Waals surface area contributed by atoms with Crippen molar-refractivity contribution >= 4 is 52.5 Å². The zero-order valence-corrected chi connectivity index (χ0v) is 14.0. The van der Waals surface area contributed by atoms with Crippen molar-refractivity contribution in [2.75, 3.05) is 13.1 Å². The lowest BCUT2D eigenvalue weighted by atomic mass is 10.2. The molecule has 0 aliphatic heterocycles. The van der Waals surface area contributed by atoms with Crippen LogP contribution in [0.25, 0.3) is 0 Å². The van der Waals surface area contributed by atoms with Crippen LogP contribution >= 0.6 is 46.6 Å². The van der Waals surface area contributed by atoms with E-state index in [1.807, 2.05) is 19.9 Å². The summed E-state index contributed by atoms with van der Waals surface area (Å²) in [5.74, 6) is -0.0818. The molecule has 18 heavy (non-hydrogen) atoms. The fourth-order valence-electron chi connectivity index (χ4n) is 1.43. The van der Waals surface area contributed by atoms with E-state index in [2.05, 4.69) is 33.2 Å². The van der Waals surface area contributed by atoms with Crippen molar-refractivity contribution in [2.24, 2.45) is 0 Å². The third kappa shape index (κ3) is 5.73. The van der Waals surface area contributed by atoms with Crippen molar-refractivity contribution < 1.29 is 4.79 Å². The van der Waals surface area contributed by atoms with Gasteiger partial charge in [0.25, 0.3) is 5.91 Å². The highest BCUT2D eigenvalue weighted by atomic mass is 127. The van der Waals surface area contributed by atoms with Crippen LogP contribution in [0.5, 0.6) is 0 Å². The first kappa shape index (κ1) is 18.0. The highest BCUT2D eigenvalue weighted by Gasteiger charge is 2.11. The van der Waals surface area contributed by atoms with Gasteiger partial charge < -0.3 is 10.6 Å². The SMILES string of the molecule is CCN[C@H](C)CNC(=O)c1cc(Cl)ccc1I.Cl. The number of carbonyl (C=O) groups is 1. The van der Waals surface area contributed by atoms with Crippen molar-refractivity contribution in [3.8, 4) is 0 Å². The highest BCUT2D eigenvalue weighted by Crippen LogP contribution is 2.17. The van der Waals surface area contributed by atoms with E-state index < -0.39 is 0 Å². The van der Waals surface area contributed by atoms with Crippen LogP contribution in [-0.4, -0.2) is 25.0 Å². The first-order valence-corrected chi connectivity index (χ1v) is 6.97. The molecule has 0 radical (unpaired) electrons. The number of hydrogen-bond acceptors (Lipinski definition) is 2. The summed E-state index contributed by atoms with van der Waals surface area (Å²) in [5, 5.41) is 6.70. The van der Waals surface area contributed by atoms with Crippen LogP contribution < -0.4 is 10.6 Å². The average Bonchev–Trinajstić information content (AvgIpc) is 2.29. The molecule has 1 aromatic rings. The van der Waals surface area contributed by atoms with Crippen molar-refractivity contribution in [1.82, 2.24) is 10.6 Å². The molecule has 0 saturated heterocycles.